The molecule has 1 aromatic carbocycles. The minimum atomic E-state index is -2.78. The van der Waals surface area contributed by atoms with Gasteiger partial charge in [-0.3, -0.25) is 4.79 Å². The molecule has 1 aromatic rings. The van der Waals surface area contributed by atoms with E-state index in [2.05, 4.69) is 0 Å². The molecule has 92 valence electrons. The van der Waals surface area contributed by atoms with E-state index in [1.165, 1.54) is 6.92 Å². The number of carbonyl (C=O) groups excluding carboxylic acids is 1. The molecule has 0 heterocycles. The van der Waals surface area contributed by atoms with Crippen LogP contribution in [-0.4, -0.2) is 11.7 Å². The standard InChI is InChI=1S/C14H16F2O/c1-10(17)11-6-3-4-7-12(11)14(8-5-9-14)13(2,15)16/h3-4,6-7H,5,8-9H2,1-2H3. The molecule has 3 heteroatoms. The van der Waals surface area contributed by atoms with Gasteiger partial charge in [0.1, 0.15) is 0 Å². The monoisotopic (exact) mass is 238 g/mol. The van der Waals surface area contributed by atoms with Crippen molar-refractivity contribution in [2.45, 2.75) is 44.4 Å². The average Bonchev–Trinajstić information content (AvgIpc) is 2.14. The van der Waals surface area contributed by atoms with E-state index >= 15 is 0 Å². The SMILES string of the molecule is CC(=O)c1ccccc1C1(C(C)(F)F)CCC1. The third-order valence-corrected chi connectivity index (χ3v) is 3.87. The number of rotatable bonds is 3. The Labute approximate surface area is 99.8 Å². The molecule has 0 bridgehead atoms. The molecule has 0 atom stereocenters. The Kier molecular flexibility index (Phi) is 2.80. The van der Waals surface area contributed by atoms with Crippen LogP contribution in [0.15, 0.2) is 24.3 Å². The molecule has 1 aliphatic rings. The number of halogens is 2. The summed E-state index contributed by atoms with van der Waals surface area (Å²) in [5, 5.41) is 0. The number of hydrogen-bond acceptors (Lipinski definition) is 1. The molecule has 17 heavy (non-hydrogen) atoms. The molecule has 0 N–H and O–H groups in total. The summed E-state index contributed by atoms with van der Waals surface area (Å²) in [6.07, 6.45) is 1.72. The fourth-order valence-corrected chi connectivity index (χ4v) is 2.68. The van der Waals surface area contributed by atoms with Crippen molar-refractivity contribution in [3.8, 4) is 0 Å². The lowest BCUT2D eigenvalue weighted by molar-refractivity contribution is -0.0971. The van der Waals surface area contributed by atoms with Crippen LogP contribution in [0.5, 0.6) is 0 Å². The van der Waals surface area contributed by atoms with Crippen molar-refractivity contribution < 1.29 is 13.6 Å². The molecule has 0 saturated heterocycles. The van der Waals surface area contributed by atoms with E-state index < -0.39 is 11.3 Å². The fraction of sp³-hybridized carbons (Fsp3) is 0.500. The summed E-state index contributed by atoms with van der Waals surface area (Å²) in [5.41, 5.74) is -0.171. The summed E-state index contributed by atoms with van der Waals surface area (Å²) in [6, 6.07) is 6.77. The van der Waals surface area contributed by atoms with Crippen LogP contribution in [0.25, 0.3) is 0 Å². The number of alkyl halides is 2. The smallest absolute Gasteiger partial charge is 0.254 e. The van der Waals surface area contributed by atoms with Crippen LogP contribution in [0.4, 0.5) is 8.78 Å². The molecule has 0 amide bonds. The van der Waals surface area contributed by atoms with Crippen LogP contribution in [0.3, 0.4) is 0 Å². The van der Waals surface area contributed by atoms with Gasteiger partial charge in [-0.1, -0.05) is 30.7 Å². The zero-order valence-corrected chi connectivity index (χ0v) is 10.1. The first-order valence-corrected chi connectivity index (χ1v) is 5.87. The first-order chi connectivity index (χ1) is 7.88. The molecular formula is C14H16F2O. The largest absolute Gasteiger partial charge is 0.295 e. The van der Waals surface area contributed by atoms with E-state index in [4.69, 9.17) is 0 Å². The number of Topliss-reactive ketones (excluding diaryl/α,β-unsaturated/α-hetero) is 1. The van der Waals surface area contributed by atoms with Crippen LogP contribution >= 0.6 is 0 Å². The van der Waals surface area contributed by atoms with Gasteiger partial charge in [-0.25, -0.2) is 8.78 Å². The lowest BCUT2D eigenvalue weighted by atomic mass is 9.59. The Morgan fingerprint density at radius 1 is 1.29 bits per heavy atom. The lowest BCUT2D eigenvalue weighted by Crippen LogP contribution is -2.49. The third kappa shape index (κ3) is 1.78. The summed E-state index contributed by atoms with van der Waals surface area (Å²) in [5.74, 6) is -2.92. The average molecular weight is 238 g/mol. The highest BCUT2D eigenvalue weighted by molar-refractivity contribution is 5.96. The predicted octanol–water partition coefficient (Wildman–Crippen LogP) is 3.97. The van der Waals surface area contributed by atoms with Crippen molar-refractivity contribution in [2.24, 2.45) is 0 Å². The van der Waals surface area contributed by atoms with Gasteiger partial charge in [-0.05, 0) is 25.3 Å². The normalized spacial score (nSPS) is 18.6. The summed E-state index contributed by atoms with van der Waals surface area (Å²) in [6.45, 7) is 2.39. The molecule has 0 spiro atoms. The fourth-order valence-electron chi connectivity index (χ4n) is 2.68. The van der Waals surface area contributed by atoms with E-state index in [0.717, 1.165) is 13.3 Å². The Bertz CT molecular complexity index is 442. The van der Waals surface area contributed by atoms with E-state index in [0.29, 0.717) is 24.0 Å². The van der Waals surface area contributed by atoms with Crippen molar-refractivity contribution in [1.82, 2.24) is 0 Å². The van der Waals surface area contributed by atoms with Crippen molar-refractivity contribution in [1.29, 1.82) is 0 Å². The molecular weight excluding hydrogens is 222 g/mol. The number of benzene rings is 1. The van der Waals surface area contributed by atoms with Crippen molar-refractivity contribution in [3.05, 3.63) is 35.4 Å². The van der Waals surface area contributed by atoms with E-state index in [-0.39, 0.29) is 5.78 Å². The van der Waals surface area contributed by atoms with Crippen LogP contribution in [0, 0.1) is 0 Å². The molecule has 0 unspecified atom stereocenters. The number of hydrogen-bond donors (Lipinski definition) is 0. The van der Waals surface area contributed by atoms with Gasteiger partial charge in [0.25, 0.3) is 5.92 Å². The topological polar surface area (TPSA) is 17.1 Å². The second-order valence-corrected chi connectivity index (χ2v) is 4.93. The predicted molar refractivity (Wildman–Crippen MR) is 62.6 cm³/mol. The summed E-state index contributed by atoms with van der Waals surface area (Å²) in [4.78, 5) is 11.5. The van der Waals surface area contributed by atoms with Crippen LogP contribution in [0.1, 0.15) is 49.0 Å². The second-order valence-electron chi connectivity index (χ2n) is 4.93. The molecule has 1 nitrogen and oxygen atoms in total. The van der Waals surface area contributed by atoms with E-state index in [1.54, 1.807) is 24.3 Å². The van der Waals surface area contributed by atoms with Crippen LogP contribution in [0.2, 0.25) is 0 Å². The van der Waals surface area contributed by atoms with Gasteiger partial charge in [-0.15, -0.1) is 0 Å². The minimum absolute atomic E-state index is 0.142. The maximum absolute atomic E-state index is 13.8. The molecule has 2 rings (SSSR count). The Morgan fingerprint density at radius 3 is 2.29 bits per heavy atom. The highest BCUT2D eigenvalue weighted by Crippen LogP contribution is 2.54. The van der Waals surface area contributed by atoms with Gasteiger partial charge in [-0.2, -0.15) is 0 Å². The van der Waals surface area contributed by atoms with Gasteiger partial charge in [0, 0.05) is 12.5 Å². The van der Waals surface area contributed by atoms with Gasteiger partial charge < -0.3 is 0 Å². The molecule has 1 fully saturated rings. The highest BCUT2D eigenvalue weighted by Gasteiger charge is 2.55. The van der Waals surface area contributed by atoms with E-state index in [1.807, 2.05) is 0 Å². The van der Waals surface area contributed by atoms with Gasteiger partial charge in [0.05, 0.1) is 5.41 Å². The molecule has 0 aliphatic heterocycles. The van der Waals surface area contributed by atoms with E-state index in [9.17, 15) is 13.6 Å². The Balaban J connectivity index is 2.56. The van der Waals surface area contributed by atoms with Gasteiger partial charge >= 0.3 is 0 Å². The number of ketones is 1. The molecule has 1 saturated carbocycles. The zero-order valence-electron chi connectivity index (χ0n) is 10.1. The van der Waals surface area contributed by atoms with Crippen molar-refractivity contribution in [2.75, 3.05) is 0 Å². The maximum atomic E-state index is 13.8. The summed E-state index contributed by atoms with van der Waals surface area (Å²) in [7, 11) is 0. The number of carbonyl (C=O) groups is 1. The van der Waals surface area contributed by atoms with Gasteiger partial charge in [0.15, 0.2) is 5.78 Å². The van der Waals surface area contributed by atoms with Crippen molar-refractivity contribution in [3.63, 3.8) is 0 Å². The lowest BCUT2D eigenvalue weighted by Gasteiger charge is -2.47. The van der Waals surface area contributed by atoms with Crippen LogP contribution < -0.4 is 0 Å². The summed E-state index contributed by atoms with van der Waals surface area (Å²) >= 11 is 0. The second kappa shape index (κ2) is 3.90. The third-order valence-electron chi connectivity index (χ3n) is 3.87. The zero-order chi connectivity index (χ0) is 12.7. The van der Waals surface area contributed by atoms with Crippen molar-refractivity contribution >= 4 is 5.78 Å². The first kappa shape index (κ1) is 12.2. The van der Waals surface area contributed by atoms with Gasteiger partial charge in [0.2, 0.25) is 0 Å². The van der Waals surface area contributed by atoms with Crippen LogP contribution in [-0.2, 0) is 5.41 Å². The summed E-state index contributed by atoms with van der Waals surface area (Å²) < 4.78 is 27.7. The Morgan fingerprint density at radius 2 is 1.88 bits per heavy atom. The Hall–Kier alpha value is -1.25. The first-order valence-electron chi connectivity index (χ1n) is 5.87. The minimum Gasteiger partial charge on any atom is -0.295 e. The molecule has 1 aliphatic carbocycles. The molecule has 0 radical (unpaired) electrons. The highest BCUT2D eigenvalue weighted by atomic mass is 19.3. The maximum Gasteiger partial charge on any atom is 0.254 e. The molecule has 0 aromatic heterocycles. The quantitative estimate of drug-likeness (QED) is 0.728.